The number of carbonyl (C=O) groups excluding carboxylic acids is 1. The van der Waals surface area contributed by atoms with Crippen LogP contribution in [-0.4, -0.2) is 35.1 Å². The van der Waals surface area contributed by atoms with Gasteiger partial charge in [-0.15, -0.1) is 5.10 Å². The van der Waals surface area contributed by atoms with Gasteiger partial charge in [-0.25, -0.2) is 4.79 Å². The summed E-state index contributed by atoms with van der Waals surface area (Å²) >= 11 is 5.99. The van der Waals surface area contributed by atoms with Gasteiger partial charge in [0.1, 0.15) is 23.8 Å². The van der Waals surface area contributed by atoms with E-state index in [9.17, 15) is 4.79 Å². The number of hydrogen-bond acceptors (Lipinski definition) is 6. The third-order valence-corrected chi connectivity index (χ3v) is 4.33. The highest BCUT2D eigenvalue weighted by molar-refractivity contribution is 6.30. The van der Waals surface area contributed by atoms with Crippen LogP contribution in [0, 0.1) is 6.92 Å². The van der Waals surface area contributed by atoms with Crippen molar-refractivity contribution in [3.63, 3.8) is 0 Å². The summed E-state index contributed by atoms with van der Waals surface area (Å²) in [6, 6.07) is 10.9. The Kier molecular flexibility index (Phi) is 6.16. The normalized spacial score (nSPS) is 10.6. The Labute approximate surface area is 167 Å². The van der Waals surface area contributed by atoms with E-state index < -0.39 is 5.97 Å². The van der Waals surface area contributed by atoms with Crippen molar-refractivity contribution in [2.24, 2.45) is 0 Å². The molecule has 1 heterocycles. The predicted octanol–water partition coefficient (Wildman–Crippen LogP) is 4.20. The molecule has 3 rings (SSSR count). The molecule has 8 heteroatoms. The molecule has 0 spiro atoms. The van der Waals surface area contributed by atoms with Crippen molar-refractivity contribution >= 4 is 17.6 Å². The lowest BCUT2D eigenvalue weighted by molar-refractivity contribution is 0.0520. The van der Waals surface area contributed by atoms with Gasteiger partial charge in [-0.05, 0) is 55.8 Å². The standard InChI is InChI=1S/C20H20ClN3O4/c1-4-27-20(25)19-18(22-24-23-19)13-5-7-17(26-3)14(10-13)11-28-16-8-6-15(21)9-12(16)2/h5-10H,4,11H2,1-3H3,(H,22,23,24). The van der Waals surface area contributed by atoms with Crippen molar-refractivity contribution in [1.29, 1.82) is 0 Å². The summed E-state index contributed by atoms with van der Waals surface area (Å²) in [4.78, 5) is 12.1. The van der Waals surface area contributed by atoms with Crippen molar-refractivity contribution in [3.8, 4) is 22.8 Å². The van der Waals surface area contributed by atoms with E-state index in [0.29, 0.717) is 22.0 Å². The fourth-order valence-electron chi connectivity index (χ4n) is 2.74. The summed E-state index contributed by atoms with van der Waals surface area (Å²) in [5, 5.41) is 11.1. The van der Waals surface area contributed by atoms with Gasteiger partial charge in [0.2, 0.25) is 0 Å². The molecule has 0 aliphatic rings. The minimum absolute atomic E-state index is 0.132. The lowest BCUT2D eigenvalue weighted by Gasteiger charge is -2.13. The van der Waals surface area contributed by atoms with Crippen LogP contribution in [0.15, 0.2) is 36.4 Å². The molecule has 1 aromatic heterocycles. The molecule has 0 aliphatic carbocycles. The molecule has 0 unspecified atom stereocenters. The van der Waals surface area contributed by atoms with Crippen LogP contribution in [0.4, 0.5) is 0 Å². The van der Waals surface area contributed by atoms with Crippen LogP contribution in [-0.2, 0) is 11.3 Å². The van der Waals surface area contributed by atoms with Gasteiger partial charge in [-0.2, -0.15) is 10.3 Å². The zero-order valence-corrected chi connectivity index (χ0v) is 16.5. The topological polar surface area (TPSA) is 86.3 Å². The number of hydrogen-bond donors (Lipinski definition) is 1. The van der Waals surface area contributed by atoms with Crippen LogP contribution in [0.3, 0.4) is 0 Å². The maximum atomic E-state index is 12.1. The number of nitrogens with one attached hydrogen (secondary N) is 1. The first-order valence-electron chi connectivity index (χ1n) is 8.67. The predicted molar refractivity (Wildman–Crippen MR) is 105 cm³/mol. The molecule has 1 N–H and O–H groups in total. The fraction of sp³-hybridized carbons (Fsp3) is 0.250. The molecule has 28 heavy (non-hydrogen) atoms. The number of ether oxygens (including phenoxy) is 3. The van der Waals surface area contributed by atoms with Gasteiger partial charge in [0.25, 0.3) is 0 Å². The van der Waals surface area contributed by atoms with Crippen molar-refractivity contribution < 1.29 is 19.0 Å². The summed E-state index contributed by atoms with van der Waals surface area (Å²) < 4.78 is 16.4. The fourth-order valence-corrected chi connectivity index (χ4v) is 2.97. The summed E-state index contributed by atoms with van der Waals surface area (Å²) in [7, 11) is 1.59. The molecule has 0 aliphatic heterocycles. The number of benzene rings is 2. The average molecular weight is 402 g/mol. The second-order valence-corrected chi connectivity index (χ2v) is 6.40. The van der Waals surface area contributed by atoms with Crippen molar-refractivity contribution in [1.82, 2.24) is 15.4 Å². The van der Waals surface area contributed by atoms with Gasteiger partial charge in [-0.1, -0.05) is 11.6 Å². The molecular formula is C20H20ClN3O4. The number of H-pyrrole nitrogens is 1. The molecule has 0 bridgehead atoms. The zero-order valence-electron chi connectivity index (χ0n) is 15.8. The van der Waals surface area contributed by atoms with Crippen LogP contribution in [0.2, 0.25) is 5.02 Å². The molecule has 2 aromatic carbocycles. The number of aromatic nitrogens is 3. The number of esters is 1. The first-order valence-corrected chi connectivity index (χ1v) is 9.05. The zero-order chi connectivity index (χ0) is 20.1. The van der Waals surface area contributed by atoms with E-state index in [4.69, 9.17) is 25.8 Å². The molecule has 146 valence electrons. The molecule has 3 aromatic rings. The summed E-state index contributed by atoms with van der Waals surface area (Å²) in [5.41, 5.74) is 2.97. The van der Waals surface area contributed by atoms with Gasteiger partial charge in [0.05, 0.1) is 13.7 Å². The Balaban J connectivity index is 1.89. The molecule has 0 radical (unpaired) electrons. The van der Waals surface area contributed by atoms with Crippen molar-refractivity contribution in [2.75, 3.05) is 13.7 Å². The molecule has 0 saturated heterocycles. The first kappa shape index (κ1) is 19.7. The Morgan fingerprint density at radius 1 is 1.14 bits per heavy atom. The van der Waals surface area contributed by atoms with E-state index >= 15 is 0 Å². The highest BCUT2D eigenvalue weighted by Gasteiger charge is 2.20. The number of methoxy groups -OCH3 is 1. The Bertz CT molecular complexity index is 987. The maximum Gasteiger partial charge on any atom is 0.361 e. The van der Waals surface area contributed by atoms with Crippen molar-refractivity contribution in [2.45, 2.75) is 20.5 Å². The second kappa shape index (κ2) is 8.75. The molecule has 0 amide bonds. The molecule has 7 nitrogen and oxygen atoms in total. The van der Waals surface area contributed by atoms with Gasteiger partial charge in [0.15, 0.2) is 5.69 Å². The Morgan fingerprint density at radius 2 is 1.93 bits per heavy atom. The van der Waals surface area contributed by atoms with E-state index in [2.05, 4.69) is 15.4 Å². The molecule has 0 fully saturated rings. The average Bonchev–Trinajstić information content (AvgIpc) is 3.17. The third-order valence-electron chi connectivity index (χ3n) is 4.09. The minimum atomic E-state index is -0.531. The van der Waals surface area contributed by atoms with Crippen LogP contribution < -0.4 is 9.47 Å². The van der Waals surface area contributed by atoms with Crippen LogP contribution in [0.1, 0.15) is 28.5 Å². The van der Waals surface area contributed by atoms with Gasteiger partial charge in [-0.3, -0.25) is 0 Å². The van der Waals surface area contributed by atoms with E-state index in [1.165, 1.54) is 0 Å². The number of aryl methyl sites for hydroxylation is 1. The monoisotopic (exact) mass is 401 g/mol. The van der Waals surface area contributed by atoms with Crippen molar-refractivity contribution in [3.05, 3.63) is 58.2 Å². The number of aromatic amines is 1. The smallest absolute Gasteiger partial charge is 0.361 e. The second-order valence-electron chi connectivity index (χ2n) is 5.97. The molecular weight excluding hydrogens is 382 g/mol. The third kappa shape index (κ3) is 4.26. The first-order chi connectivity index (χ1) is 13.5. The summed E-state index contributed by atoms with van der Waals surface area (Å²) in [6.45, 7) is 4.19. The van der Waals surface area contributed by atoms with E-state index in [1.807, 2.05) is 25.1 Å². The lowest BCUT2D eigenvalue weighted by atomic mass is 10.1. The maximum absolute atomic E-state index is 12.1. The van der Waals surface area contributed by atoms with Crippen LogP contribution in [0.5, 0.6) is 11.5 Å². The van der Waals surface area contributed by atoms with Gasteiger partial charge in [0, 0.05) is 16.1 Å². The number of rotatable bonds is 7. The minimum Gasteiger partial charge on any atom is -0.496 e. The largest absolute Gasteiger partial charge is 0.496 e. The Hall–Kier alpha value is -3.06. The van der Waals surface area contributed by atoms with Crippen LogP contribution >= 0.6 is 11.6 Å². The summed E-state index contributed by atoms with van der Waals surface area (Å²) in [6.07, 6.45) is 0. The van der Waals surface area contributed by atoms with Gasteiger partial charge >= 0.3 is 5.97 Å². The number of halogens is 1. The lowest BCUT2D eigenvalue weighted by Crippen LogP contribution is -2.07. The van der Waals surface area contributed by atoms with E-state index in [0.717, 1.165) is 16.9 Å². The number of carbonyl (C=O) groups is 1. The SMILES string of the molecule is CCOC(=O)c1n[nH]nc1-c1ccc(OC)c(COc2ccc(Cl)cc2C)c1. The number of nitrogens with zero attached hydrogens (tertiary/aromatic N) is 2. The molecule has 0 saturated carbocycles. The highest BCUT2D eigenvalue weighted by atomic mass is 35.5. The van der Waals surface area contributed by atoms with Crippen LogP contribution in [0.25, 0.3) is 11.3 Å². The van der Waals surface area contributed by atoms with E-state index in [-0.39, 0.29) is 18.9 Å². The van der Waals surface area contributed by atoms with E-state index in [1.54, 1.807) is 32.2 Å². The van der Waals surface area contributed by atoms with Gasteiger partial charge < -0.3 is 14.2 Å². The summed E-state index contributed by atoms with van der Waals surface area (Å²) in [5.74, 6) is 0.860. The Morgan fingerprint density at radius 3 is 2.64 bits per heavy atom. The molecule has 0 atom stereocenters. The quantitative estimate of drug-likeness (QED) is 0.597. The highest BCUT2D eigenvalue weighted by Crippen LogP contribution is 2.29.